The molecule has 5 radical (unpaired) electrons. The zero-order valence-corrected chi connectivity index (χ0v) is 6.25. The topological polar surface area (TPSA) is 17.1 Å². The number of carbonyl (C=O) groups excluding carboxylic acids is 1. The van der Waals surface area contributed by atoms with Gasteiger partial charge < -0.3 is 4.79 Å². The van der Waals surface area contributed by atoms with E-state index in [-0.39, 0.29) is 0 Å². The van der Waals surface area contributed by atoms with E-state index >= 15 is 0 Å². The van der Waals surface area contributed by atoms with Gasteiger partial charge in [-0.2, -0.15) is 0 Å². The second-order valence-corrected chi connectivity index (χ2v) is 2.73. The first-order chi connectivity index (χ1) is 3.83. The Labute approximate surface area is 63.0 Å². The second kappa shape index (κ2) is 2.80. The summed E-state index contributed by atoms with van der Waals surface area (Å²) in [6.45, 7) is 0. The molecule has 0 unspecified atom stereocenters. The van der Waals surface area contributed by atoms with Crippen LogP contribution in [-0.2, 0) is 4.79 Å². The van der Waals surface area contributed by atoms with Crippen LogP contribution in [0, 0.1) is 29.1 Å². The summed E-state index contributed by atoms with van der Waals surface area (Å²) in [6.07, 6.45) is 6.40. The highest BCUT2D eigenvalue weighted by molar-refractivity contribution is 14.1. The third kappa shape index (κ3) is 1.44. The molecule has 8 heavy (non-hydrogen) atoms. The number of hydrogen-bond acceptors (Lipinski definition) is 1. The predicted octanol–water partition coefficient (Wildman–Crippen LogP) is 1.35. The molecule has 0 heterocycles. The highest BCUT2D eigenvalue weighted by Crippen LogP contribution is 2.34. The molecule has 0 aromatic heterocycles. The average Bonchev–Trinajstić information content (AvgIpc) is 2.14. The van der Waals surface area contributed by atoms with E-state index in [0.717, 1.165) is 16.1 Å². The predicted molar refractivity (Wildman–Crippen MR) is 39.5 cm³/mol. The Morgan fingerprint density at radius 3 is 2.50 bits per heavy atom. The van der Waals surface area contributed by atoms with Gasteiger partial charge in [-0.15, -0.1) is 0 Å². The van der Waals surface area contributed by atoms with E-state index in [9.17, 15) is 4.79 Å². The normalized spacial score (nSPS) is 24.1. The molecule has 1 fully saturated rings. The van der Waals surface area contributed by atoms with Crippen molar-refractivity contribution in [2.75, 3.05) is 0 Å². The fraction of sp³-hybridized carbons (Fsp3) is 0. The minimum Gasteiger partial charge on any atom is -0.303 e. The molecule has 0 amide bonds. The van der Waals surface area contributed by atoms with Crippen molar-refractivity contribution >= 4 is 28.9 Å². The van der Waals surface area contributed by atoms with Crippen LogP contribution in [0.25, 0.3) is 0 Å². The number of halogens is 1. The van der Waals surface area contributed by atoms with E-state index in [1.54, 1.807) is 6.42 Å². The minimum atomic E-state index is 0.759. The Bertz CT molecular complexity index is 92.5. The maximum Gasteiger partial charge on any atom is 0.127 e. The first-order valence-corrected chi connectivity index (χ1v) is 3.28. The van der Waals surface area contributed by atoms with Gasteiger partial charge in [0.2, 0.25) is 0 Å². The maximum atomic E-state index is 10.0. The fourth-order valence-corrected chi connectivity index (χ4v) is 1.04. The highest BCUT2D eigenvalue weighted by atomic mass is 127. The molecule has 0 N–H and O–H groups in total. The lowest BCUT2D eigenvalue weighted by atomic mass is 10.1. The molecule has 1 rings (SSSR count). The third-order valence-corrected chi connectivity index (χ3v) is 1.55. The van der Waals surface area contributed by atoms with E-state index in [4.69, 9.17) is 0 Å². The van der Waals surface area contributed by atoms with Crippen LogP contribution in [0.5, 0.6) is 0 Å². The Morgan fingerprint density at radius 2 is 2.25 bits per heavy atom. The molecule has 1 nitrogen and oxygen atoms in total. The average molecular weight is 219 g/mol. The van der Waals surface area contributed by atoms with Crippen LogP contribution in [-0.4, -0.2) is 6.29 Å². The van der Waals surface area contributed by atoms with E-state index in [2.05, 4.69) is 22.6 Å². The van der Waals surface area contributed by atoms with E-state index in [1.165, 1.54) is 0 Å². The smallest absolute Gasteiger partial charge is 0.127 e. The molecule has 1 aliphatic carbocycles. The first kappa shape index (κ1) is 6.52. The molecule has 0 bridgehead atoms. The van der Waals surface area contributed by atoms with Crippen molar-refractivity contribution < 1.29 is 4.79 Å². The standard InChI is InChI=1S/C6H4IO/c7-6-2-1-5(3-6)4-8/h1-4H. The Balaban J connectivity index is 2.32. The number of rotatable bonds is 1. The van der Waals surface area contributed by atoms with Crippen molar-refractivity contribution in [3.8, 4) is 0 Å². The summed E-state index contributed by atoms with van der Waals surface area (Å²) in [4.78, 5) is 10.0. The SMILES string of the molecule is O=C[C]1[CH][CH][C](I)[CH]1. The lowest BCUT2D eigenvalue weighted by molar-refractivity contribution is -0.105. The van der Waals surface area contributed by atoms with Crippen LogP contribution in [0.2, 0.25) is 0 Å². The molecule has 0 aromatic carbocycles. The van der Waals surface area contributed by atoms with E-state index in [1.807, 2.05) is 12.8 Å². The van der Waals surface area contributed by atoms with Crippen LogP contribution < -0.4 is 0 Å². The second-order valence-electron chi connectivity index (χ2n) is 1.48. The van der Waals surface area contributed by atoms with Crippen molar-refractivity contribution in [2.45, 2.75) is 0 Å². The summed E-state index contributed by atoms with van der Waals surface area (Å²) >= 11 is 2.17. The lowest BCUT2D eigenvalue weighted by Gasteiger charge is -1.91. The summed E-state index contributed by atoms with van der Waals surface area (Å²) in [5.74, 6) is 0.759. The van der Waals surface area contributed by atoms with Gasteiger partial charge >= 0.3 is 0 Å². The summed E-state index contributed by atoms with van der Waals surface area (Å²) in [5, 5.41) is 0. The lowest BCUT2D eigenvalue weighted by Crippen LogP contribution is -1.90. The molecule has 1 aliphatic rings. The largest absolute Gasteiger partial charge is 0.303 e. The van der Waals surface area contributed by atoms with Gasteiger partial charge in [0.15, 0.2) is 0 Å². The molecule has 0 aliphatic heterocycles. The molecule has 0 spiro atoms. The zero-order chi connectivity index (χ0) is 5.98. The molecular formula is C6H4IO. The Hall–Kier alpha value is 0.400. The van der Waals surface area contributed by atoms with Crippen molar-refractivity contribution in [1.82, 2.24) is 0 Å². The zero-order valence-electron chi connectivity index (χ0n) is 4.10. The van der Waals surface area contributed by atoms with Gasteiger partial charge in [0, 0.05) is 9.84 Å². The van der Waals surface area contributed by atoms with Crippen molar-refractivity contribution in [3.63, 3.8) is 0 Å². The molecular weight excluding hydrogens is 215 g/mol. The Kier molecular flexibility index (Phi) is 2.28. The van der Waals surface area contributed by atoms with Crippen molar-refractivity contribution in [3.05, 3.63) is 29.1 Å². The van der Waals surface area contributed by atoms with Gasteiger partial charge in [-0.1, -0.05) is 22.6 Å². The molecule has 2 heteroatoms. The van der Waals surface area contributed by atoms with Gasteiger partial charge in [-0.3, -0.25) is 0 Å². The van der Waals surface area contributed by atoms with Gasteiger partial charge in [0.05, 0.1) is 0 Å². The van der Waals surface area contributed by atoms with Crippen LogP contribution >= 0.6 is 22.6 Å². The monoisotopic (exact) mass is 219 g/mol. The van der Waals surface area contributed by atoms with Crippen LogP contribution in [0.1, 0.15) is 0 Å². The van der Waals surface area contributed by atoms with Crippen molar-refractivity contribution in [1.29, 1.82) is 0 Å². The summed E-state index contributed by atoms with van der Waals surface area (Å²) < 4.78 is 1.12. The minimum absolute atomic E-state index is 0.759. The molecule has 0 atom stereocenters. The highest BCUT2D eigenvalue weighted by Gasteiger charge is 2.23. The van der Waals surface area contributed by atoms with Gasteiger partial charge in [0.25, 0.3) is 0 Å². The van der Waals surface area contributed by atoms with Crippen LogP contribution in [0.4, 0.5) is 0 Å². The van der Waals surface area contributed by atoms with Gasteiger partial charge in [-0.05, 0) is 19.3 Å². The third-order valence-electron chi connectivity index (χ3n) is 0.876. The summed E-state index contributed by atoms with van der Waals surface area (Å²) in [7, 11) is 0. The number of aldehydes is 1. The first-order valence-electron chi connectivity index (χ1n) is 2.20. The summed E-state index contributed by atoms with van der Waals surface area (Å²) in [6, 6.07) is 0. The van der Waals surface area contributed by atoms with Crippen LogP contribution in [0.15, 0.2) is 0 Å². The van der Waals surface area contributed by atoms with Crippen molar-refractivity contribution in [2.24, 2.45) is 0 Å². The Morgan fingerprint density at radius 1 is 1.50 bits per heavy atom. The quantitative estimate of drug-likeness (QED) is 0.480. The summed E-state index contributed by atoms with van der Waals surface area (Å²) in [5.41, 5.74) is 0. The maximum absolute atomic E-state index is 10.0. The molecule has 1 saturated carbocycles. The molecule has 0 saturated heterocycles. The van der Waals surface area contributed by atoms with Crippen LogP contribution in [0.3, 0.4) is 0 Å². The fourth-order valence-electron chi connectivity index (χ4n) is 0.505. The molecule has 41 valence electrons. The van der Waals surface area contributed by atoms with Gasteiger partial charge in [0.1, 0.15) is 6.29 Å². The molecule has 0 aromatic rings. The van der Waals surface area contributed by atoms with E-state index < -0.39 is 0 Å². The van der Waals surface area contributed by atoms with E-state index in [0.29, 0.717) is 0 Å². The number of carbonyl (C=O) groups is 1. The number of hydrogen-bond donors (Lipinski definition) is 0. The van der Waals surface area contributed by atoms with Gasteiger partial charge in [-0.25, -0.2) is 0 Å².